The fourth-order valence-corrected chi connectivity index (χ4v) is 0.995. The molecule has 10 heteroatoms. The van der Waals surface area contributed by atoms with Crippen molar-refractivity contribution in [3.8, 4) is 0 Å². The molecule has 1 aromatic carbocycles. The molecule has 0 atom stereocenters. The quantitative estimate of drug-likeness (QED) is 0.593. The Morgan fingerprint density at radius 2 is 1.30 bits per heavy atom. The predicted molar refractivity (Wildman–Crippen MR) is 76.9 cm³/mol. The van der Waals surface area contributed by atoms with Gasteiger partial charge in [-0.1, -0.05) is 18.2 Å². The monoisotopic (exact) mass is 327 g/mol. The molecule has 0 radical (unpaired) electrons. The summed E-state index contributed by atoms with van der Waals surface area (Å²) < 4.78 is 51.7. The Balaban J connectivity index is 0. The molecule has 0 spiro atoms. The molecule has 0 aliphatic heterocycles. The van der Waals surface area contributed by atoms with Crippen LogP contribution in [0.1, 0.15) is 0 Å². The summed E-state index contributed by atoms with van der Waals surface area (Å²) in [4.78, 5) is 3.12. The molecule has 1 heterocycles. The van der Waals surface area contributed by atoms with Crippen molar-refractivity contribution in [2.24, 2.45) is 0 Å². The van der Waals surface area contributed by atoms with Gasteiger partial charge in [0.25, 0.3) is 20.2 Å². The molecule has 116 valence electrons. The van der Waals surface area contributed by atoms with E-state index in [2.05, 4.69) is 23.2 Å². The van der Waals surface area contributed by atoms with Crippen molar-refractivity contribution >= 4 is 31.1 Å². The number of aromatic nitrogens is 1. The van der Waals surface area contributed by atoms with Gasteiger partial charge < -0.3 is 10.5 Å². The summed E-state index contributed by atoms with van der Waals surface area (Å²) in [6.07, 6.45) is 3.38. The van der Waals surface area contributed by atoms with E-state index in [1.807, 2.05) is 18.3 Å². The van der Waals surface area contributed by atoms with Gasteiger partial charge in [-0.25, -0.2) is 0 Å². The van der Waals surface area contributed by atoms with Gasteiger partial charge in [0.2, 0.25) is 0 Å². The predicted octanol–water partition coefficient (Wildman–Crippen LogP) is 0.351. The van der Waals surface area contributed by atoms with Gasteiger partial charge in [0.1, 0.15) is 0 Å². The number of H-pyrrole nitrogens is 1. The summed E-state index contributed by atoms with van der Waals surface area (Å²) in [6.45, 7) is 0. The van der Waals surface area contributed by atoms with Crippen molar-refractivity contribution < 1.29 is 31.4 Å². The van der Waals surface area contributed by atoms with E-state index in [9.17, 15) is 16.8 Å². The van der Waals surface area contributed by atoms with Gasteiger partial charge in [-0.15, -0.1) is 0 Å². The smallest absolute Gasteiger partial charge is 0.261 e. The van der Waals surface area contributed by atoms with E-state index in [1.165, 1.54) is 10.9 Å². The molecule has 0 fully saturated rings. The molecule has 1 aromatic heterocycles. The van der Waals surface area contributed by atoms with Crippen LogP contribution in [-0.2, 0) is 20.2 Å². The first-order valence-electron chi connectivity index (χ1n) is 4.84. The summed E-state index contributed by atoms with van der Waals surface area (Å²) in [7, 11) is -7.33. The van der Waals surface area contributed by atoms with Gasteiger partial charge in [0.15, 0.2) is 0 Å². The third kappa shape index (κ3) is 16.5. The lowest BCUT2D eigenvalue weighted by atomic mass is 10.3. The molecule has 0 saturated heterocycles. The summed E-state index contributed by atoms with van der Waals surface area (Å²) in [5.41, 5.74) is 1.21. The van der Waals surface area contributed by atoms with E-state index in [0.29, 0.717) is 12.5 Å². The summed E-state index contributed by atoms with van der Waals surface area (Å²) in [5.74, 6) is 0. The molecular weight excluding hydrogens is 310 g/mol. The van der Waals surface area contributed by atoms with Crippen molar-refractivity contribution in [1.82, 2.24) is 4.98 Å². The Morgan fingerprint density at radius 1 is 0.900 bits per heavy atom. The molecule has 8 nitrogen and oxygen atoms in total. The van der Waals surface area contributed by atoms with Crippen molar-refractivity contribution in [2.75, 3.05) is 12.5 Å². The van der Waals surface area contributed by atoms with Gasteiger partial charge in [0, 0.05) is 11.7 Å². The molecule has 0 aliphatic rings. The van der Waals surface area contributed by atoms with Gasteiger partial charge in [-0.2, -0.15) is 16.8 Å². The fraction of sp³-hybridized carbons (Fsp3) is 0.200. The van der Waals surface area contributed by atoms with Crippen LogP contribution in [-0.4, -0.2) is 48.9 Å². The Labute approximate surface area is 117 Å². The highest BCUT2D eigenvalue weighted by atomic mass is 32.2. The van der Waals surface area contributed by atoms with E-state index >= 15 is 0 Å². The van der Waals surface area contributed by atoms with Crippen molar-refractivity contribution in [3.63, 3.8) is 0 Å². The van der Waals surface area contributed by atoms with Crippen LogP contribution in [0.2, 0.25) is 0 Å². The van der Waals surface area contributed by atoms with Gasteiger partial charge in [0.05, 0.1) is 12.5 Å². The van der Waals surface area contributed by atoms with Crippen LogP contribution in [0.3, 0.4) is 0 Å². The number of rotatable bonds is 0. The molecule has 0 aliphatic carbocycles. The average Bonchev–Trinajstić information content (AvgIpc) is 2.59. The maximum absolute atomic E-state index is 9.19. The SMILES string of the molecule is CS(=O)(=O)O.CS(=O)(=O)O.O.c1ccc2[nH]ccc2c1. The summed E-state index contributed by atoms with van der Waals surface area (Å²) in [5, 5.41) is 1.28. The number of hydrogen-bond donors (Lipinski definition) is 3. The van der Waals surface area contributed by atoms with Crippen LogP contribution in [0.4, 0.5) is 0 Å². The second kappa shape index (κ2) is 8.66. The number of fused-ring (bicyclic) bond motifs is 1. The first-order chi connectivity index (χ1) is 8.47. The molecule has 2 aromatic rings. The molecule has 0 unspecified atom stereocenters. The Hall–Kier alpha value is -1.46. The lowest BCUT2D eigenvalue weighted by Crippen LogP contribution is -1.88. The van der Waals surface area contributed by atoms with Crippen molar-refractivity contribution in [2.45, 2.75) is 0 Å². The highest BCUT2D eigenvalue weighted by Gasteiger charge is 1.86. The lowest BCUT2D eigenvalue weighted by molar-refractivity contribution is 0.488. The first kappa shape index (κ1) is 20.8. The minimum Gasteiger partial charge on any atom is -0.412 e. The lowest BCUT2D eigenvalue weighted by Gasteiger charge is -1.83. The maximum Gasteiger partial charge on any atom is 0.261 e. The van der Waals surface area contributed by atoms with Crippen LogP contribution in [0, 0.1) is 0 Å². The zero-order valence-electron chi connectivity index (χ0n) is 10.8. The second-order valence-electron chi connectivity index (χ2n) is 3.53. The number of para-hydroxylation sites is 1. The maximum atomic E-state index is 9.19. The highest BCUT2D eigenvalue weighted by Crippen LogP contribution is 2.09. The zero-order chi connectivity index (χ0) is 15.1. The van der Waals surface area contributed by atoms with E-state index < -0.39 is 20.2 Å². The molecule has 5 N–H and O–H groups in total. The second-order valence-corrected chi connectivity index (χ2v) is 6.46. The first-order valence-corrected chi connectivity index (χ1v) is 8.53. The van der Waals surface area contributed by atoms with Crippen LogP contribution in [0.25, 0.3) is 10.9 Å². The normalized spacial score (nSPS) is 10.4. The van der Waals surface area contributed by atoms with Crippen molar-refractivity contribution in [1.29, 1.82) is 0 Å². The zero-order valence-corrected chi connectivity index (χ0v) is 12.4. The summed E-state index contributed by atoms with van der Waals surface area (Å²) in [6, 6.07) is 10.3. The minimum atomic E-state index is -3.67. The van der Waals surface area contributed by atoms with E-state index in [1.54, 1.807) is 0 Å². The van der Waals surface area contributed by atoms with Gasteiger partial charge in [-0.3, -0.25) is 9.11 Å². The van der Waals surface area contributed by atoms with E-state index in [-0.39, 0.29) is 5.48 Å². The Bertz CT molecular complexity index is 628. The van der Waals surface area contributed by atoms with Crippen LogP contribution in [0.5, 0.6) is 0 Å². The third-order valence-corrected chi connectivity index (χ3v) is 1.46. The minimum absolute atomic E-state index is 0. The number of hydrogen-bond acceptors (Lipinski definition) is 4. The largest absolute Gasteiger partial charge is 0.412 e. The van der Waals surface area contributed by atoms with Crippen LogP contribution >= 0.6 is 0 Å². The number of benzene rings is 1. The average molecular weight is 327 g/mol. The molecule has 0 saturated carbocycles. The van der Waals surface area contributed by atoms with E-state index in [4.69, 9.17) is 9.11 Å². The summed E-state index contributed by atoms with van der Waals surface area (Å²) >= 11 is 0. The molecular formula is C10H17NO7S2. The Morgan fingerprint density at radius 3 is 1.70 bits per heavy atom. The van der Waals surface area contributed by atoms with Crippen molar-refractivity contribution in [3.05, 3.63) is 36.5 Å². The van der Waals surface area contributed by atoms with Gasteiger partial charge in [-0.05, 0) is 17.5 Å². The molecule has 20 heavy (non-hydrogen) atoms. The highest BCUT2D eigenvalue weighted by molar-refractivity contribution is 7.85. The topological polar surface area (TPSA) is 156 Å². The standard InChI is InChI=1S/C8H7N.2CH4O3S.H2O/c1-2-4-8-7(3-1)5-6-9-8;2*1-5(2,3)4;/h1-6,9H;2*1H3,(H,2,3,4);1H2. The number of aromatic amines is 1. The van der Waals surface area contributed by atoms with Crippen LogP contribution in [0.15, 0.2) is 36.5 Å². The molecule has 0 amide bonds. The Kier molecular flexibility index (Phi) is 9.03. The molecule has 0 bridgehead atoms. The van der Waals surface area contributed by atoms with Crippen LogP contribution < -0.4 is 0 Å². The number of nitrogens with one attached hydrogen (secondary N) is 1. The van der Waals surface area contributed by atoms with Gasteiger partial charge >= 0.3 is 0 Å². The molecule has 2 rings (SSSR count). The fourth-order valence-electron chi connectivity index (χ4n) is 0.995. The third-order valence-electron chi connectivity index (χ3n) is 1.46. The van der Waals surface area contributed by atoms with E-state index in [0.717, 1.165) is 0 Å².